The standard InChI is InChI=1S/C16H30N2O2S/c1-2-20-15(13-5-3-4-6-13)7-8-18-16(19)11-14-12-21-10-9-17-14/h13-15,17H,2-12H2,1H3,(H,18,19). The van der Waals surface area contributed by atoms with E-state index in [1.54, 1.807) is 0 Å². The van der Waals surface area contributed by atoms with E-state index in [9.17, 15) is 4.79 Å². The Morgan fingerprint density at radius 1 is 1.43 bits per heavy atom. The van der Waals surface area contributed by atoms with Gasteiger partial charge >= 0.3 is 0 Å². The molecule has 2 aliphatic rings. The lowest BCUT2D eigenvalue weighted by Gasteiger charge is -2.24. The van der Waals surface area contributed by atoms with Crippen LogP contribution in [0, 0.1) is 5.92 Å². The van der Waals surface area contributed by atoms with E-state index in [-0.39, 0.29) is 5.91 Å². The second-order valence-electron chi connectivity index (χ2n) is 6.11. The maximum Gasteiger partial charge on any atom is 0.221 e. The van der Waals surface area contributed by atoms with Crippen LogP contribution in [0.15, 0.2) is 0 Å². The summed E-state index contributed by atoms with van der Waals surface area (Å²) < 4.78 is 5.89. The third-order valence-electron chi connectivity index (χ3n) is 4.49. The van der Waals surface area contributed by atoms with Crippen LogP contribution in [-0.4, -0.2) is 49.3 Å². The van der Waals surface area contributed by atoms with Gasteiger partial charge in [0.05, 0.1) is 6.10 Å². The molecule has 2 rings (SSSR count). The molecule has 5 heteroatoms. The van der Waals surface area contributed by atoms with Gasteiger partial charge < -0.3 is 15.4 Å². The number of hydrogen-bond donors (Lipinski definition) is 2. The molecule has 2 unspecified atom stereocenters. The van der Waals surface area contributed by atoms with Crippen LogP contribution in [0.5, 0.6) is 0 Å². The van der Waals surface area contributed by atoms with Gasteiger partial charge in [0.1, 0.15) is 0 Å². The third-order valence-corrected chi connectivity index (χ3v) is 5.62. The molecular weight excluding hydrogens is 284 g/mol. The minimum absolute atomic E-state index is 0.177. The molecule has 21 heavy (non-hydrogen) atoms. The molecule has 2 atom stereocenters. The van der Waals surface area contributed by atoms with Crippen LogP contribution in [0.1, 0.15) is 45.4 Å². The van der Waals surface area contributed by atoms with Crippen molar-refractivity contribution in [1.29, 1.82) is 0 Å². The van der Waals surface area contributed by atoms with Crippen LogP contribution >= 0.6 is 11.8 Å². The highest BCUT2D eigenvalue weighted by Crippen LogP contribution is 2.30. The molecule has 0 aromatic carbocycles. The summed E-state index contributed by atoms with van der Waals surface area (Å²) in [4.78, 5) is 12.0. The van der Waals surface area contributed by atoms with Crippen molar-refractivity contribution in [2.45, 2.75) is 57.6 Å². The van der Waals surface area contributed by atoms with Crippen molar-refractivity contribution < 1.29 is 9.53 Å². The zero-order valence-corrected chi connectivity index (χ0v) is 14.1. The van der Waals surface area contributed by atoms with Crippen molar-refractivity contribution in [2.75, 3.05) is 31.2 Å². The van der Waals surface area contributed by atoms with E-state index in [0.717, 1.165) is 37.6 Å². The molecule has 1 aliphatic heterocycles. The largest absolute Gasteiger partial charge is 0.378 e. The van der Waals surface area contributed by atoms with Crippen molar-refractivity contribution in [3.05, 3.63) is 0 Å². The van der Waals surface area contributed by atoms with Crippen LogP contribution in [0.25, 0.3) is 0 Å². The smallest absolute Gasteiger partial charge is 0.221 e. The average Bonchev–Trinajstić information content (AvgIpc) is 3.01. The van der Waals surface area contributed by atoms with Gasteiger partial charge in [-0.1, -0.05) is 12.8 Å². The van der Waals surface area contributed by atoms with E-state index in [4.69, 9.17) is 4.74 Å². The fraction of sp³-hybridized carbons (Fsp3) is 0.938. The molecular formula is C16H30N2O2S. The van der Waals surface area contributed by atoms with Crippen LogP contribution < -0.4 is 10.6 Å². The van der Waals surface area contributed by atoms with E-state index in [1.807, 2.05) is 11.8 Å². The Morgan fingerprint density at radius 2 is 2.24 bits per heavy atom. The molecule has 122 valence electrons. The zero-order valence-electron chi connectivity index (χ0n) is 13.2. The number of carbonyl (C=O) groups is 1. The number of rotatable bonds is 8. The van der Waals surface area contributed by atoms with Gasteiger partial charge in [-0.05, 0) is 32.1 Å². The second kappa shape index (κ2) is 9.70. The molecule has 0 spiro atoms. The summed E-state index contributed by atoms with van der Waals surface area (Å²) in [5.74, 6) is 3.10. The summed E-state index contributed by atoms with van der Waals surface area (Å²) in [5.41, 5.74) is 0. The van der Waals surface area contributed by atoms with Crippen LogP contribution in [0.3, 0.4) is 0 Å². The lowest BCUT2D eigenvalue weighted by atomic mass is 9.98. The molecule has 2 fully saturated rings. The minimum atomic E-state index is 0.177. The van der Waals surface area contributed by atoms with Gasteiger partial charge in [0.15, 0.2) is 0 Å². The Balaban J connectivity index is 1.62. The third kappa shape index (κ3) is 6.17. The zero-order chi connectivity index (χ0) is 14.9. The van der Waals surface area contributed by atoms with E-state index in [2.05, 4.69) is 17.6 Å². The van der Waals surface area contributed by atoms with Gasteiger partial charge in [-0.15, -0.1) is 0 Å². The first kappa shape index (κ1) is 17.1. The first-order chi connectivity index (χ1) is 10.3. The first-order valence-electron chi connectivity index (χ1n) is 8.49. The number of nitrogens with one attached hydrogen (secondary N) is 2. The maximum absolute atomic E-state index is 12.0. The number of amides is 1. The van der Waals surface area contributed by atoms with Crippen LogP contribution in [0.4, 0.5) is 0 Å². The maximum atomic E-state index is 12.0. The van der Waals surface area contributed by atoms with Gasteiger partial charge in [0, 0.05) is 43.7 Å². The fourth-order valence-electron chi connectivity index (χ4n) is 3.40. The highest BCUT2D eigenvalue weighted by Gasteiger charge is 2.25. The van der Waals surface area contributed by atoms with Gasteiger partial charge in [-0.3, -0.25) is 4.79 Å². The molecule has 2 N–H and O–H groups in total. The predicted molar refractivity (Wildman–Crippen MR) is 88.7 cm³/mol. The van der Waals surface area contributed by atoms with Gasteiger partial charge in [-0.2, -0.15) is 11.8 Å². The molecule has 4 nitrogen and oxygen atoms in total. The molecule has 0 aromatic rings. The lowest BCUT2D eigenvalue weighted by Crippen LogP contribution is -2.41. The lowest BCUT2D eigenvalue weighted by molar-refractivity contribution is -0.121. The average molecular weight is 314 g/mol. The Hall–Kier alpha value is -0.260. The molecule has 1 saturated heterocycles. The summed E-state index contributed by atoms with van der Waals surface area (Å²) in [6.45, 7) is 4.61. The van der Waals surface area contributed by atoms with Crippen molar-refractivity contribution >= 4 is 17.7 Å². The summed E-state index contributed by atoms with van der Waals surface area (Å²) in [7, 11) is 0. The Kier molecular flexibility index (Phi) is 7.89. The van der Waals surface area contributed by atoms with Gasteiger partial charge in [0.2, 0.25) is 5.91 Å². The highest BCUT2D eigenvalue weighted by atomic mass is 32.2. The molecule has 0 bridgehead atoms. The van der Waals surface area contributed by atoms with Crippen molar-refractivity contribution in [2.24, 2.45) is 5.92 Å². The Bertz CT molecular complexity index is 303. The number of hydrogen-bond acceptors (Lipinski definition) is 4. The second-order valence-corrected chi connectivity index (χ2v) is 7.26. The minimum Gasteiger partial charge on any atom is -0.378 e. The fourth-order valence-corrected chi connectivity index (χ4v) is 4.35. The van der Waals surface area contributed by atoms with E-state index in [1.165, 1.54) is 25.7 Å². The summed E-state index contributed by atoms with van der Waals surface area (Å²) in [5, 5.41) is 6.48. The van der Waals surface area contributed by atoms with Gasteiger partial charge in [0.25, 0.3) is 0 Å². The highest BCUT2D eigenvalue weighted by molar-refractivity contribution is 7.99. The molecule has 0 aromatic heterocycles. The monoisotopic (exact) mass is 314 g/mol. The quantitative estimate of drug-likeness (QED) is 0.721. The van der Waals surface area contributed by atoms with Crippen molar-refractivity contribution in [3.63, 3.8) is 0 Å². The molecule has 1 amide bonds. The first-order valence-corrected chi connectivity index (χ1v) is 9.64. The van der Waals surface area contributed by atoms with Crippen molar-refractivity contribution in [1.82, 2.24) is 10.6 Å². The Labute approximate surface area is 133 Å². The number of ether oxygens (including phenoxy) is 1. The molecule has 0 radical (unpaired) electrons. The molecule has 1 saturated carbocycles. The normalized spacial score (nSPS) is 24.9. The van der Waals surface area contributed by atoms with Crippen LogP contribution in [-0.2, 0) is 9.53 Å². The van der Waals surface area contributed by atoms with E-state index in [0.29, 0.717) is 24.5 Å². The van der Waals surface area contributed by atoms with Crippen LogP contribution in [0.2, 0.25) is 0 Å². The van der Waals surface area contributed by atoms with Crippen molar-refractivity contribution in [3.8, 4) is 0 Å². The summed E-state index contributed by atoms with van der Waals surface area (Å²) in [6, 6.07) is 0.348. The summed E-state index contributed by atoms with van der Waals surface area (Å²) >= 11 is 1.93. The SMILES string of the molecule is CCOC(CCNC(=O)CC1CSCCN1)C1CCCC1. The topological polar surface area (TPSA) is 50.4 Å². The summed E-state index contributed by atoms with van der Waals surface area (Å²) in [6.07, 6.45) is 7.16. The Morgan fingerprint density at radius 3 is 2.90 bits per heavy atom. The number of thioether (sulfide) groups is 1. The van der Waals surface area contributed by atoms with E-state index < -0.39 is 0 Å². The molecule has 1 aliphatic carbocycles. The molecule has 1 heterocycles. The van der Waals surface area contributed by atoms with E-state index >= 15 is 0 Å². The predicted octanol–water partition coefficient (Wildman–Crippen LogP) is 2.18. The number of carbonyl (C=O) groups excluding carboxylic acids is 1. The van der Waals surface area contributed by atoms with Gasteiger partial charge in [-0.25, -0.2) is 0 Å².